The van der Waals surface area contributed by atoms with Crippen LogP contribution >= 0.6 is 11.6 Å². The van der Waals surface area contributed by atoms with Gasteiger partial charge < -0.3 is 4.74 Å². The Hall–Kier alpha value is -2.54. The number of aldehydes is 1. The Balaban J connectivity index is 2.11. The molecule has 26 heavy (non-hydrogen) atoms. The number of alkyl halides is 3. The van der Waals surface area contributed by atoms with Crippen LogP contribution in [0.25, 0.3) is 10.9 Å². The number of carbonyl (C=O) groups excluding carboxylic acids is 1. The smallest absolute Gasteiger partial charge is 0.416 e. The van der Waals surface area contributed by atoms with Gasteiger partial charge in [0.1, 0.15) is 6.29 Å². The van der Waals surface area contributed by atoms with Gasteiger partial charge in [-0.05, 0) is 42.8 Å². The highest BCUT2D eigenvalue weighted by atomic mass is 35.5. The summed E-state index contributed by atoms with van der Waals surface area (Å²) in [4.78, 5) is 11.0. The second kappa shape index (κ2) is 6.99. The average Bonchev–Trinajstić information content (AvgIpc) is 2.93. The maximum absolute atomic E-state index is 13.3. The molecule has 0 aliphatic carbocycles. The predicted octanol–water partition coefficient (Wildman–Crippen LogP) is 4.97. The van der Waals surface area contributed by atoms with Crippen molar-refractivity contribution in [3.63, 3.8) is 0 Å². The Morgan fingerprint density at radius 2 is 2.00 bits per heavy atom. The first-order chi connectivity index (χ1) is 12.3. The minimum absolute atomic E-state index is 0.0111. The van der Waals surface area contributed by atoms with Crippen LogP contribution in [0, 0.1) is 0 Å². The van der Waals surface area contributed by atoms with E-state index in [1.807, 2.05) is 0 Å². The van der Waals surface area contributed by atoms with E-state index in [-0.39, 0.29) is 23.0 Å². The molecular weight excluding hydrogens is 369 g/mol. The van der Waals surface area contributed by atoms with Crippen LogP contribution in [0.3, 0.4) is 0 Å². The first-order valence-electron chi connectivity index (χ1n) is 7.77. The zero-order chi connectivity index (χ0) is 18.9. The van der Waals surface area contributed by atoms with Crippen LogP contribution in [0.1, 0.15) is 28.4 Å². The Labute approximate surface area is 152 Å². The third-order valence-corrected chi connectivity index (χ3v) is 4.09. The van der Waals surface area contributed by atoms with Crippen LogP contribution in [-0.2, 0) is 12.7 Å². The third-order valence-electron chi connectivity index (χ3n) is 3.86. The van der Waals surface area contributed by atoms with Gasteiger partial charge in [0.25, 0.3) is 0 Å². The molecule has 0 fully saturated rings. The summed E-state index contributed by atoms with van der Waals surface area (Å²) in [6, 6.07) is 8.46. The number of fused-ring (bicyclic) bond motifs is 1. The summed E-state index contributed by atoms with van der Waals surface area (Å²) in [6.45, 7) is 2.00. The van der Waals surface area contributed by atoms with E-state index in [4.69, 9.17) is 16.3 Å². The fraction of sp³-hybridized carbons (Fsp3) is 0.222. The summed E-state index contributed by atoms with van der Waals surface area (Å²) in [6.07, 6.45) is -3.84. The molecule has 0 bridgehead atoms. The van der Waals surface area contributed by atoms with Gasteiger partial charge in [0.15, 0.2) is 0 Å². The largest absolute Gasteiger partial charge is 0.476 e. The van der Waals surface area contributed by atoms with Crippen LogP contribution in [0.5, 0.6) is 5.88 Å². The maximum Gasteiger partial charge on any atom is 0.416 e. The van der Waals surface area contributed by atoms with Crippen LogP contribution in [0.4, 0.5) is 13.2 Å². The van der Waals surface area contributed by atoms with Crippen molar-refractivity contribution in [2.75, 3.05) is 6.61 Å². The number of ether oxygens (including phenoxy) is 1. The predicted molar refractivity (Wildman–Crippen MR) is 91.8 cm³/mol. The summed E-state index contributed by atoms with van der Waals surface area (Å²) in [7, 11) is 0. The molecule has 0 amide bonds. The second-order valence-electron chi connectivity index (χ2n) is 5.59. The van der Waals surface area contributed by atoms with Crippen LogP contribution in [-0.4, -0.2) is 22.7 Å². The summed E-state index contributed by atoms with van der Waals surface area (Å²) < 4.78 is 46.8. The summed E-state index contributed by atoms with van der Waals surface area (Å²) in [5, 5.41) is 4.85. The van der Waals surface area contributed by atoms with Crippen LogP contribution in [0.15, 0.2) is 36.4 Å². The van der Waals surface area contributed by atoms with E-state index in [9.17, 15) is 18.0 Å². The molecule has 1 heterocycles. The lowest BCUT2D eigenvalue weighted by Gasteiger charge is -2.13. The molecule has 0 spiro atoms. The first-order valence-corrected chi connectivity index (χ1v) is 8.15. The molecule has 0 radical (unpaired) electrons. The van der Waals surface area contributed by atoms with E-state index < -0.39 is 11.7 Å². The second-order valence-corrected chi connectivity index (χ2v) is 6.03. The lowest BCUT2D eigenvalue weighted by Crippen LogP contribution is -2.12. The Morgan fingerprint density at radius 1 is 1.23 bits per heavy atom. The van der Waals surface area contributed by atoms with Crippen molar-refractivity contribution in [2.24, 2.45) is 0 Å². The molecule has 0 aliphatic heterocycles. The minimum atomic E-state index is -4.53. The Morgan fingerprint density at radius 3 is 2.65 bits per heavy atom. The molecule has 1 aromatic heterocycles. The highest BCUT2D eigenvalue weighted by Crippen LogP contribution is 2.35. The number of halogens is 4. The van der Waals surface area contributed by atoms with Gasteiger partial charge in [0, 0.05) is 10.6 Å². The monoisotopic (exact) mass is 382 g/mol. The molecule has 0 unspecified atom stereocenters. The molecule has 3 aromatic rings. The lowest BCUT2D eigenvalue weighted by molar-refractivity contribution is -0.138. The van der Waals surface area contributed by atoms with Gasteiger partial charge in [-0.1, -0.05) is 17.7 Å². The number of benzene rings is 2. The third kappa shape index (κ3) is 3.53. The highest BCUT2D eigenvalue weighted by molar-refractivity contribution is 6.30. The van der Waals surface area contributed by atoms with Gasteiger partial charge in [-0.3, -0.25) is 9.48 Å². The molecule has 3 rings (SSSR count). The Bertz CT molecular complexity index is 967. The standard InChI is InChI=1S/C18H14ClF3N2O2/c1-2-26-17-14-7-11(10-25)3-6-16(14)24(23-17)9-12-4-5-13(19)8-15(12)18(20,21)22/h3-8,10H,2,9H2,1H3. The average molecular weight is 383 g/mol. The van der Waals surface area contributed by atoms with Gasteiger partial charge in [-0.25, -0.2) is 0 Å². The van der Waals surface area contributed by atoms with Crippen molar-refractivity contribution in [2.45, 2.75) is 19.6 Å². The number of aromatic nitrogens is 2. The molecule has 2 aromatic carbocycles. The number of nitrogens with zero attached hydrogens (tertiary/aromatic N) is 2. The van der Waals surface area contributed by atoms with Gasteiger partial charge in [-0.15, -0.1) is 5.10 Å². The van der Waals surface area contributed by atoms with Crippen molar-refractivity contribution in [3.05, 3.63) is 58.1 Å². The van der Waals surface area contributed by atoms with Crippen molar-refractivity contribution in [1.82, 2.24) is 9.78 Å². The molecule has 136 valence electrons. The SMILES string of the molecule is CCOc1nn(Cc2ccc(Cl)cc2C(F)(F)F)c2ccc(C=O)cc12. The van der Waals surface area contributed by atoms with Crippen molar-refractivity contribution in [1.29, 1.82) is 0 Å². The molecule has 0 atom stereocenters. The van der Waals surface area contributed by atoms with E-state index in [2.05, 4.69) is 5.10 Å². The van der Waals surface area contributed by atoms with E-state index in [0.717, 1.165) is 6.07 Å². The van der Waals surface area contributed by atoms with Gasteiger partial charge in [0.05, 0.1) is 29.6 Å². The topological polar surface area (TPSA) is 44.1 Å². The molecule has 8 heteroatoms. The fourth-order valence-corrected chi connectivity index (χ4v) is 2.89. The van der Waals surface area contributed by atoms with Crippen LogP contribution < -0.4 is 4.74 Å². The molecule has 4 nitrogen and oxygen atoms in total. The number of rotatable bonds is 5. The quantitative estimate of drug-likeness (QED) is 0.585. The van der Waals surface area contributed by atoms with Crippen molar-refractivity contribution >= 4 is 28.8 Å². The van der Waals surface area contributed by atoms with Gasteiger partial charge in [-0.2, -0.15) is 13.2 Å². The van der Waals surface area contributed by atoms with E-state index in [1.54, 1.807) is 25.1 Å². The highest BCUT2D eigenvalue weighted by Gasteiger charge is 2.33. The Kier molecular flexibility index (Phi) is 4.91. The molecule has 0 saturated carbocycles. The van der Waals surface area contributed by atoms with Crippen molar-refractivity contribution < 1.29 is 22.7 Å². The molecular formula is C18H14ClF3N2O2. The van der Waals surface area contributed by atoms with Crippen molar-refractivity contribution in [3.8, 4) is 5.88 Å². The summed E-state index contributed by atoms with van der Waals surface area (Å²) in [5.41, 5.74) is 0.229. The fourth-order valence-electron chi connectivity index (χ4n) is 2.72. The number of hydrogen-bond acceptors (Lipinski definition) is 3. The molecule has 0 aliphatic rings. The maximum atomic E-state index is 13.3. The van der Waals surface area contributed by atoms with E-state index in [0.29, 0.717) is 29.4 Å². The number of hydrogen-bond donors (Lipinski definition) is 0. The van der Waals surface area contributed by atoms with Gasteiger partial charge in [0.2, 0.25) is 5.88 Å². The first kappa shape index (κ1) is 18.3. The van der Waals surface area contributed by atoms with Gasteiger partial charge >= 0.3 is 6.18 Å². The summed E-state index contributed by atoms with van der Waals surface area (Å²) in [5.74, 6) is 0.272. The zero-order valence-electron chi connectivity index (χ0n) is 13.7. The van der Waals surface area contributed by atoms with E-state index in [1.165, 1.54) is 16.8 Å². The molecule has 0 saturated heterocycles. The van der Waals surface area contributed by atoms with E-state index >= 15 is 0 Å². The zero-order valence-corrected chi connectivity index (χ0v) is 14.4. The lowest BCUT2D eigenvalue weighted by atomic mass is 10.1. The molecule has 0 N–H and O–H groups in total. The van der Waals surface area contributed by atoms with Crippen LogP contribution in [0.2, 0.25) is 5.02 Å². The number of carbonyl (C=O) groups is 1. The summed E-state index contributed by atoms with van der Waals surface area (Å²) >= 11 is 5.72. The minimum Gasteiger partial charge on any atom is -0.476 e. The normalized spacial score (nSPS) is 11.7.